The molecule has 1 fully saturated rings. The predicted octanol–water partition coefficient (Wildman–Crippen LogP) is 1.93. The fraction of sp³-hybridized carbons (Fsp3) is 0.500. The Balaban J connectivity index is 1.84. The zero-order valence-electron chi connectivity index (χ0n) is 11.1. The molecule has 1 heterocycles. The van der Waals surface area contributed by atoms with E-state index in [0.717, 1.165) is 31.7 Å². The molecule has 0 unspecified atom stereocenters. The fourth-order valence-electron chi connectivity index (χ4n) is 2.21. The molecule has 0 saturated carbocycles. The molecular formula is C14H19ClN2O2. The molecule has 1 aromatic rings. The molecule has 1 aromatic carbocycles. The zero-order valence-corrected chi connectivity index (χ0v) is 11.8. The van der Waals surface area contributed by atoms with Crippen LogP contribution >= 0.6 is 11.6 Å². The molecule has 5 heteroatoms. The molecule has 1 saturated heterocycles. The van der Waals surface area contributed by atoms with Gasteiger partial charge in [0.15, 0.2) is 0 Å². The van der Waals surface area contributed by atoms with Gasteiger partial charge in [-0.05, 0) is 19.2 Å². The zero-order chi connectivity index (χ0) is 13.7. The van der Waals surface area contributed by atoms with Gasteiger partial charge in [-0.1, -0.05) is 23.7 Å². The number of benzene rings is 1. The number of piperidine rings is 1. The summed E-state index contributed by atoms with van der Waals surface area (Å²) in [5, 5.41) is 3.52. The second kappa shape index (κ2) is 6.78. The maximum Gasteiger partial charge on any atom is 0.236 e. The van der Waals surface area contributed by atoms with Gasteiger partial charge >= 0.3 is 0 Å². The Morgan fingerprint density at radius 3 is 2.74 bits per heavy atom. The Morgan fingerprint density at radius 1 is 1.42 bits per heavy atom. The molecule has 1 aliphatic rings. The summed E-state index contributed by atoms with van der Waals surface area (Å²) in [6.45, 7) is 1.89. The van der Waals surface area contributed by atoms with E-state index < -0.39 is 0 Å². The van der Waals surface area contributed by atoms with Crippen molar-refractivity contribution in [2.75, 3.05) is 26.7 Å². The quantitative estimate of drug-likeness (QED) is 0.917. The molecule has 19 heavy (non-hydrogen) atoms. The summed E-state index contributed by atoms with van der Waals surface area (Å²) >= 11 is 6.07. The Hall–Kier alpha value is -1.26. The van der Waals surface area contributed by atoms with Gasteiger partial charge in [0.25, 0.3) is 0 Å². The normalized spacial score (nSPS) is 16.4. The van der Waals surface area contributed by atoms with Gasteiger partial charge in [-0.25, -0.2) is 0 Å². The van der Waals surface area contributed by atoms with Gasteiger partial charge < -0.3 is 15.0 Å². The number of carbonyl (C=O) groups is 1. The molecular weight excluding hydrogens is 264 g/mol. The van der Waals surface area contributed by atoms with E-state index in [1.165, 1.54) is 0 Å². The van der Waals surface area contributed by atoms with E-state index in [1.54, 1.807) is 7.05 Å². The van der Waals surface area contributed by atoms with Crippen molar-refractivity contribution < 1.29 is 9.53 Å². The van der Waals surface area contributed by atoms with Crippen molar-refractivity contribution in [3.8, 4) is 5.75 Å². The largest absolute Gasteiger partial charge is 0.489 e. The molecule has 0 radical (unpaired) electrons. The molecule has 0 aliphatic carbocycles. The van der Waals surface area contributed by atoms with Gasteiger partial charge in [0.2, 0.25) is 5.91 Å². The van der Waals surface area contributed by atoms with Crippen LogP contribution in [0.5, 0.6) is 5.75 Å². The lowest BCUT2D eigenvalue weighted by Crippen LogP contribution is -2.44. The average molecular weight is 283 g/mol. The third-order valence-corrected chi connectivity index (χ3v) is 3.57. The van der Waals surface area contributed by atoms with E-state index in [2.05, 4.69) is 5.32 Å². The number of rotatable bonds is 4. The highest BCUT2D eigenvalue weighted by atomic mass is 35.5. The third-order valence-electron chi connectivity index (χ3n) is 3.25. The lowest BCUT2D eigenvalue weighted by molar-refractivity contribution is -0.131. The number of likely N-dealkylation sites (tertiary alicyclic amines) is 1. The van der Waals surface area contributed by atoms with Gasteiger partial charge in [0.05, 0.1) is 11.6 Å². The van der Waals surface area contributed by atoms with Gasteiger partial charge in [-0.3, -0.25) is 4.79 Å². The number of nitrogens with zero attached hydrogens (tertiary/aromatic N) is 1. The summed E-state index contributed by atoms with van der Waals surface area (Å²) in [5.74, 6) is 0.878. The topological polar surface area (TPSA) is 41.6 Å². The number of hydrogen-bond donors (Lipinski definition) is 1. The lowest BCUT2D eigenvalue weighted by Gasteiger charge is -2.32. The number of hydrogen-bond acceptors (Lipinski definition) is 3. The van der Waals surface area contributed by atoms with Crippen LogP contribution < -0.4 is 10.1 Å². The molecule has 0 aromatic heterocycles. The van der Waals surface area contributed by atoms with Crippen LogP contribution in [0.25, 0.3) is 0 Å². The Labute approximate surface area is 118 Å². The summed E-state index contributed by atoms with van der Waals surface area (Å²) in [6, 6.07) is 7.49. The van der Waals surface area contributed by atoms with Crippen molar-refractivity contribution in [3.05, 3.63) is 29.3 Å². The first-order valence-corrected chi connectivity index (χ1v) is 6.92. The molecule has 0 atom stereocenters. The second-order valence-corrected chi connectivity index (χ2v) is 5.07. The van der Waals surface area contributed by atoms with E-state index in [1.807, 2.05) is 29.2 Å². The Bertz CT molecular complexity index is 431. The monoisotopic (exact) mass is 282 g/mol. The Morgan fingerprint density at radius 2 is 2.11 bits per heavy atom. The van der Waals surface area contributed by atoms with Gasteiger partial charge in [-0.15, -0.1) is 0 Å². The number of nitrogens with one attached hydrogen (secondary N) is 1. The van der Waals surface area contributed by atoms with Crippen molar-refractivity contribution in [1.29, 1.82) is 0 Å². The maximum atomic E-state index is 11.7. The van der Waals surface area contributed by atoms with Crippen LogP contribution in [-0.4, -0.2) is 43.6 Å². The van der Waals surface area contributed by atoms with Crippen molar-refractivity contribution in [2.45, 2.75) is 18.9 Å². The minimum atomic E-state index is 0.138. The molecule has 1 N–H and O–H groups in total. The van der Waals surface area contributed by atoms with Crippen LogP contribution in [0.2, 0.25) is 5.02 Å². The van der Waals surface area contributed by atoms with Crippen LogP contribution in [0.15, 0.2) is 24.3 Å². The van der Waals surface area contributed by atoms with E-state index in [4.69, 9.17) is 16.3 Å². The van der Waals surface area contributed by atoms with E-state index in [-0.39, 0.29) is 12.0 Å². The van der Waals surface area contributed by atoms with Crippen molar-refractivity contribution in [3.63, 3.8) is 0 Å². The molecule has 2 rings (SSSR count). The first kappa shape index (κ1) is 14.2. The van der Waals surface area contributed by atoms with E-state index >= 15 is 0 Å². The number of para-hydroxylation sites is 1. The highest BCUT2D eigenvalue weighted by Crippen LogP contribution is 2.26. The molecule has 0 spiro atoms. The Kier molecular flexibility index (Phi) is 5.05. The van der Waals surface area contributed by atoms with Crippen molar-refractivity contribution >= 4 is 17.5 Å². The highest BCUT2D eigenvalue weighted by molar-refractivity contribution is 6.32. The van der Waals surface area contributed by atoms with E-state index in [0.29, 0.717) is 11.6 Å². The molecule has 1 amide bonds. The first-order chi connectivity index (χ1) is 9.20. The highest BCUT2D eigenvalue weighted by Gasteiger charge is 2.23. The summed E-state index contributed by atoms with van der Waals surface area (Å²) in [4.78, 5) is 13.6. The van der Waals surface area contributed by atoms with Gasteiger partial charge in [-0.2, -0.15) is 0 Å². The van der Waals surface area contributed by atoms with Crippen LogP contribution in [0.1, 0.15) is 12.8 Å². The second-order valence-electron chi connectivity index (χ2n) is 4.66. The van der Waals surface area contributed by atoms with Crippen LogP contribution in [0, 0.1) is 0 Å². The summed E-state index contributed by atoms with van der Waals surface area (Å²) in [6.07, 6.45) is 1.83. The minimum absolute atomic E-state index is 0.138. The number of amides is 1. The van der Waals surface area contributed by atoms with Crippen LogP contribution in [0.4, 0.5) is 0 Å². The SMILES string of the molecule is CNCC(=O)N1CCC(Oc2ccccc2Cl)CC1. The van der Waals surface area contributed by atoms with Gasteiger partial charge in [0.1, 0.15) is 11.9 Å². The predicted molar refractivity (Wildman–Crippen MR) is 75.6 cm³/mol. The number of carbonyl (C=O) groups excluding carboxylic acids is 1. The van der Waals surface area contributed by atoms with Crippen molar-refractivity contribution in [2.24, 2.45) is 0 Å². The number of likely N-dealkylation sites (N-methyl/N-ethyl adjacent to an activating group) is 1. The minimum Gasteiger partial charge on any atom is -0.489 e. The lowest BCUT2D eigenvalue weighted by atomic mass is 10.1. The molecule has 0 bridgehead atoms. The summed E-state index contributed by atoms with van der Waals surface area (Å²) < 4.78 is 5.89. The third kappa shape index (κ3) is 3.85. The number of halogens is 1. The van der Waals surface area contributed by atoms with Crippen LogP contribution in [-0.2, 0) is 4.79 Å². The first-order valence-electron chi connectivity index (χ1n) is 6.54. The fourth-order valence-corrected chi connectivity index (χ4v) is 2.39. The van der Waals surface area contributed by atoms with E-state index in [9.17, 15) is 4.79 Å². The molecule has 104 valence electrons. The maximum absolute atomic E-state index is 11.7. The van der Waals surface area contributed by atoms with Gasteiger partial charge in [0, 0.05) is 25.9 Å². The smallest absolute Gasteiger partial charge is 0.236 e. The number of ether oxygens (including phenoxy) is 1. The summed E-state index contributed by atoms with van der Waals surface area (Å²) in [7, 11) is 1.78. The van der Waals surface area contributed by atoms with Crippen LogP contribution in [0.3, 0.4) is 0 Å². The molecule has 1 aliphatic heterocycles. The average Bonchev–Trinajstić information content (AvgIpc) is 2.42. The summed E-state index contributed by atoms with van der Waals surface area (Å²) in [5.41, 5.74) is 0. The van der Waals surface area contributed by atoms with Crippen molar-refractivity contribution in [1.82, 2.24) is 10.2 Å². The standard InChI is InChI=1S/C14H19ClN2O2/c1-16-10-14(18)17-8-6-11(7-9-17)19-13-5-3-2-4-12(13)15/h2-5,11,16H,6-10H2,1H3. The molecule has 4 nitrogen and oxygen atoms in total.